The molecular weight excluding hydrogens is 308 g/mol. The summed E-state index contributed by atoms with van der Waals surface area (Å²) in [6.45, 7) is 3.83. The Morgan fingerprint density at radius 2 is 2.00 bits per heavy atom. The zero-order chi connectivity index (χ0) is 17.1. The lowest BCUT2D eigenvalue weighted by Gasteiger charge is -2.22. The van der Waals surface area contributed by atoms with Crippen molar-refractivity contribution in [2.75, 3.05) is 35.2 Å². The van der Waals surface area contributed by atoms with E-state index in [9.17, 15) is 14.4 Å². The summed E-state index contributed by atoms with van der Waals surface area (Å²) in [6.07, 6.45) is 3.89. The molecule has 7 nitrogen and oxygen atoms in total. The van der Waals surface area contributed by atoms with Crippen LogP contribution in [0.4, 0.5) is 17.2 Å². The molecule has 1 aromatic carbocycles. The summed E-state index contributed by atoms with van der Waals surface area (Å²) in [4.78, 5) is 41.4. The molecule has 126 valence electrons. The average molecular weight is 328 g/mol. The maximum Gasteiger partial charge on any atom is 0.253 e. The van der Waals surface area contributed by atoms with Crippen LogP contribution >= 0.6 is 0 Å². The summed E-state index contributed by atoms with van der Waals surface area (Å²) in [6, 6.07) is 3.64. The van der Waals surface area contributed by atoms with Crippen LogP contribution in [0.25, 0.3) is 0 Å². The highest BCUT2D eigenvalue weighted by atomic mass is 16.2. The number of hydrogen-bond acceptors (Lipinski definition) is 6. The predicted octanol–water partition coefficient (Wildman–Crippen LogP) is 1.03. The number of rotatable bonds is 6. The average Bonchev–Trinajstić information content (AvgIpc) is 3.07. The first-order chi connectivity index (χ1) is 11.6. The third-order valence-corrected chi connectivity index (χ3v) is 4.14. The lowest BCUT2D eigenvalue weighted by Crippen LogP contribution is -2.42. The van der Waals surface area contributed by atoms with Crippen molar-refractivity contribution in [3.05, 3.63) is 44.3 Å². The van der Waals surface area contributed by atoms with Crippen molar-refractivity contribution in [1.82, 2.24) is 4.98 Å². The maximum atomic E-state index is 11.9. The fraction of sp³-hybridized carbons (Fsp3) is 0.412. The van der Waals surface area contributed by atoms with Crippen molar-refractivity contribution in [2.45, 2.75) is 26.2 Å². The Labute approximate surface area is 139 Å². The minimum absolute atomic E-state index is 0.188. The molecule has 2 N–H and O–H groups in total. The summed E-state index contributed by atoms with van der Waals surface area (Å²) in [5.41, 5.74) is 0.935. The topological polar surface area (TPSA) is 91.4 Å². The zero-order valence-electron chi connectivity index (χ0n) is 13.6. The van der Waals surface area contributed by atoms with Crippen LogP contribution in [-0.2, 0) is 4.79 Å². The maximum absolute atomic E-state index is 11.9. The second-order valence-corrected chi connectivity index (χ2v) is 6.02. The van der Waals surface area contributed by atoms with E-state index in [0.717, 1.165) is 31.5 Å². The van der Waals surface area contributed by atoms with E-state index in [4.69, 9.17) is 0 Å². The first-order valence-electron chi connectivity index (χ1n) is 8.11. The summed E-state index contributed by atoms with van der Waals surface area (Å²) < 4.78 is 0. The number of carbonyl (C=O) groups excluding carboxylic acids is 1. The van der Waals surface area contributed by atoms with Gasteiger partial charge in [-0.1, -0.05) is 0 Å². The third kappa shape index (κ3) is 3.29. The van der Waals surface area contributed by atoms with Gasteiger partial charge in [-0.05, 0) is 37.5 Å². The minimum atomic E-state index is -0.488. The summed E-state index contributed by atoms with van der Waals surface area (Å²) in [5, 5.41) is 5.65. The van der Waals surface area contributed by atoms with E-state index in [1.54, 1.807) is 12.3 Å². The quantitative estimate of drug-likeness (QED) is 0.770. The summed E-state index contributed by atoms with van der Waals surface area (Å²) >= 11 is 0. The molecule has 1 amide bonds. The van der Waals surface area contributed by atoms with Crippen molar-refractivity contribution < 1.29 is 4.79 Å². The molecule has 2 aromatic rings. The van der Waals surface area contributed by atoms with Crippen LogP contribution < -0.4 is 26.4 Å². The van der Waals surface area contributed by atoms with Gasteiger partial charge < -0.3 is 15.5 Å². The van der Waals surface area contributed by atoms with Gasteiger partial charge in [-0.2, -0.15) is 0 Å². The highest BCUT2D eigenvalue weighted by molar-refractivity contribution is 5.90. The second-order valence-electron chi connectivity index (χ2n) is 6.02. The Kier molecular flexibility index (Phi) is 4.59. The molecule has 1 saturated heterocycles. The Hall–Kier alpha value is -2.70. The van der Waals surface area contributed by atoms with E-state index >= 15 is 0 Å². The fourth-order valence-electron chi connectivity index (χ4n) is 2.90. The molecule has 2 heterocycles. The lowest BCUT2D eigenvalue weighted by atomic mass is 10.1. The molecule has 1 aliphatic heterocycles. The Morgan fingerprint density at radius 3 is 2.71 bits per heavy atom. The first-order valence-corrected chi connectivity index (χ1v) is 8.11. The number of hydrogen-bond donors (Lipinski definition) is 2. The number of pyridine rings is 1. The van der Waals surface area contributed by atoms with Gasteiger partial charge in [0, 0.05) is 32.3 Å². The van der Waals surface area contributed by atoms with E-state index in [2.05, 4.69) is 15.6 Å². The third-order valence-electron chi connectivity index (χ3n) is 4.14. The number of nitrogens with zero attached hydrogens (tertiary/aromatic N) is 2. The highest BCUT2D eigenvalue weighted by Crippen LogP contribution is 2.24. The number of anilines is 3. The van der Waals surface area contributed by atoms with Crippen molar-refractivity contribution in [3.63, 3.8) is 0 Å². The summed E-state index contributed by atoms with van der Waals surface area (Å²) in [7, 11) is 0. The van der Waals surface area contributed by atoms with Crippen molar-refractivity contribution in [3.8, 4) is 0 Å². The monoisotopic (exact) mass is 328 g/mol. The highest BCUT2D eigenvalue weighted by Gasteiger charge is 2.27. The zero-order valence-corrected chi connectivity index (χ0v) is 13.6. The Morgan fingerprint density at radius 1 is 1.25 bits per heavy atom. The van der Waals surface area contributed by atoms with Gasteiger partial charge >= 0.3 is 0 Å². The molecular formula is C17H20N4O3. The van der Waals surface area contributed by atoms with Gasteiger partial charge in [-0.3, -0.25) is 14.4 Å². The molecule has 0 saturated carbocycles. The largest absolute Gasteiger partial charge is 0.379 e. The SMILES string of the molecule is Cc1ccnc(NC(=O)CCNc2c(N3CCCC3)c(=O)c2=O)c1. The molecule has 0 bridgehead atoms. The van der Waals surface area contributed by atoms with Crippen LogP contribution in [-0.4, -0.2) is 30.5 Å². The van der Waals surface area contributed by atoms with E-state index in [0.29, 0.717) is 23.7 Å². The number of carbonyl (C=O) groups is 1. The first kappa shape index (κ1) is 16.2. The molecule has 0 radical (unpaired) electrons. The normalized spacial score (nSPS) is 14.1. The van der Waals surface area contributed by atoms with Crippen molar-refractivity contribution >= 4 is 23.1 Å². The van der Waals surface area contributed by atoms with Crippen LogP contribution in [0.2, 0.25) is 0 Å². The van der Waals surface area contributed by atoms with Crippen LogP contribution in [0.3, 0.4) is 0 Å². The smallest absolute Gasteiger partial charge is 0.253 e. The van der Waals surface area contributed by atoms with E-state index < -0.39 is 10.9 Å². The van der Waals surface area contributed by atoms with Crippen LogP contribution in [0.5, 0.6) is 0 Å². The molecule has 1 aromatic heterocycles. The molecule has 1 fully saturated rings. The van der Waals surface area contributed by atoms with Gasteiger partial charge in [0.25, 0.3) is 10.9 Å². The van der Waals surface area contributed by atoms with Crippen LogP contribution in [0.15, 0.2) is 27.9 Å². The van der Waals surface area contributed by atoms with E-state index in [1.807, 2.05) is 17.9 Å². The number of aryl methyl sites for hydroxylation is 1. The molecule has 0 atom stereocenters. The molecule has 0 spiro atoms. The van der Waals surface area contributed by atoms with Crippen LogP contribution in [0, 0.1) is 6.92 Å². The van der Waals surface area contributed by atoms with Gasteiger partial charge in [0.1, 0.15) is 17.2 Å². The molecule has 0 aliphatic carbocycles. The van der Waals surface area contributed by atoms with Crippen molar-refractivity contribution in [1.29, 1.82) is 0 Å². The van der Waals surface area contributed by atoms with Gasteiger partial charge in [-0.15, -0.1) is 0 Å². The van der Waals surface area contributed by atoms with Gasteiger partial charge in [-0.25, -0.2) is 4.98 Å². The number of nitrogens with one attached hydrogen (secondary N) is 2. The molecule has 3 rings (SSSR count). The second kappa shape index (κ2) is 6.82. The van der Waals surface area contributed by atoms with Gasteiger partial charge in [0.05, 0.1) is 0 Å². The standard InChI is InChI=1S/C17H20N4O3/c1-11-4-6-18-12(10-11)20-13(22)5-7-19-14-15(17(24)16(14)23)21-8-2-3-9-21/h4,6,10,19H,2-3,5,7-9H2,1H3,(H,18,20,22). The van der Waals surface area contributed by atoms with E-state index in [-0.39, 0.29) is 12.3 Å². The van der Waals surface area contributed by atoms with E-state index in [1.165, 1.54) is 0 Å². The number of amides is 1. The molecule has 0 unspecified atom stereocenters. The lowest BCUT2D eigenvalue weighted by molar-refractivity contribution is -0.116. The molecule has 24 heavy (non-hydrogen) atoms. The summed E-state index contributed by atoms with van der Waals surface area (Å²) in [5.74, 6) is 0.314. The van der Waals surface area contributed by atoms with Crippen LogP contribution in [0.1, 0.15) is 24.8 Å². The fourth-order valence-corrected chi connectivity index (χ4v) is 2.90. The Bertz CT molecular complexity index is 817. The molecule has 7 heteroatoms. The molecule has 1 aliphatic rings. The van der Waals surface area contributed by atoms with Gasteiger partial charge in [0.2, 0.25) is 5.91 Å². The van der Waals surface area contributed by atoms with Gasteiger partial charge in [0.15, 0.2) is 0 Å². The minimum Gasteiger partial charge on any atom is -0.379 e. The predicted molar refractivity (Wildman–Crippen MR) is 93.5 cm³/mol. The van der Waals surface area contributed by atoms with Crippen molar-refractivity contribution in [2.24, 2.45) is 0 Å². The number of aromatic nitrogens is 1. The Balaban J connectivity index is 1.53.